The van der Waals surface area contributed by atoms with E-state index in [1.165, 1.54) is 0 Å². The third-order valence-electron chi connectivity index (χ3n) is 5.10. The number of amides is 1. The second-order valence-electron chi connectivity index (χ2n) is 6.64. The first kappa shape index (κ1) is 16.7. The number of nitrogens with zero attached hydrogens (tertiary/aromatic N) is 4. The number of benzene rings is 1. The topological polar surface area (TPSA) is 51.0 Å². The Morgan fingerprint density at radius 3 is 2.62 bits per heavy atom. The molecule has 1 aromatic carbocycles. The van der Waals surface area contributed by atoms with Crippen LogP contribution in [-0.2, 0) is 17.8 Å². The molecule has 5 nitrogen and oxygen atoms in total. The van der Waals surface area contributed by atoms with Gasteiger partial charge in [-0.1, -0.05) is 30.3 Å². The first-order chi connectivity index (χ1) is 11.7. The highest BCUT2D eigenvalue weighted by Crippen LogP contribution is 2.24. The number of rotatable bonds is 5. The zero-order valence-corrected chi connectivity index (χ0v) is 14.6. The molecule has 0 aliphatic carbocycles. The van der Waals surface area contributed by atoms with Gasteiger partial charge in [-0.3, -0.25) is 4.79 Å². The molecule has 0 N–H and O–H groups in total. The molecular weight excluding hydrogens is 300 g/mol. The van der Waals surface area contributed by atoms with Gasteiger partial charge in [0.1, 0.15) is 12.2 Å². The van der Waals surface area contributed by atoms with Gasteiger partial charge in [-0.2, -0.15) is 0 Å². The average Bonchev–Trinajstić information content (AvgIpc) is 3.09. The number of aryl methyl sites for hydroxylation is 1. The van der Waals surface area contributed by atoms with Gasteiger partial charge in [0.05, 0.1) is 5.92 Å². The maximum absolute atomic E-state index is 12.7. The molecule has 0 saturated carbocycles. The molecular formula is C19H26N4O. The first-order valence-corrected chi connectivity index (χ1v) is 8.89. The first-order valence-electron chi connectivity index (χ1n) is 8.89. The molecule has 24 heavy (non-hydrogen) atoms. The summed E-state index contributed by atoms with van der Waals surface area (Å²) in [5.41, 5.74) is 1.10. The van der Waals surface area contributed by atoms with E-state index in [1.54, 1.807) is 6.33 Å². The van der Waals surface area contributed by atoms with Crippen LogP contribution in [0.3, 0.4) is 0 Å². The number of carbonyl (C=O) groups excluding carboxylic acids is 1. The minimum absolute atomic E-state index is 0.0639. The lowest BCUT2D eigenvalue weighted by molar-refractivity contribution is -0.133. The monoisotopic (exact) mass is 326 g/mol. The van der Waals surface area contributed by atoms with Crippen molar-refractivity contribution in [1.29, 1.82) is 0 Å². The molecule has 3 rings (SSSR count). The molecule has 1 aromatic heterocycles. The zero-order chi connectivity index (χ0) is 16.9. The highest BCUT2D eigenvalue weighted by molar-refractivity contribution is 5.83. The van der Waals surface area contributed by atoms with Crippen LogP contribution in [0.25, 0.3) is 0 Å². The minimum Gasteiger partial charge on any atom is -0.342 e. The molecule has 0 bridgehead atoms. The van der Waals surface area contributed by atoms with Gasteiger partial charge >= 0.3 is 0 Å². The summed E-state index contributed by atoms with van der Waals surface area (Å²) in [6, 6.07) is 10.0. The molecule has 1 fully saturated rings. The van der Waals surface area contributed by atoms with Gasteiger partial charge in [0.15, 0.2) is 0 Å². The molecule has 1 aliphatic rings. The van der Waals surface area contributed by atoms with Crippen LogP contribution in [0, 0.1) is 5.92 Å². The second-order valence-corrected chi connectivity index (χ2v) is 6.64. The van der Waals surface area contributed by atoms with Gasteiger partial charge in [0.2, 0.25) is 5.91 Å². The summed E-state index contributed by atoms with van der Waals surface area (Å²) in [6.45, 7) is 6.72. The molecule has 5 heteroatoms. The van der Waals surface area contributed by atoms with Crippen LogP contribution >= 0.6 is 0 Å². The van der Waals surface area contributed by atoms with E-state index >= 15 is 0 Å². The maximum atomic E-state index is 12.7. The third-order valence-corrected chi connectivity index (χ3v) is 5.10. The van der Waals surface area contributed by atoms with Crippen molar-refractivity contribution in [1.82, 2.24) is 19.7 Å². The van der Waals surface area contributed by atoms with E-state index in [9.17, 15) is 4.79 Å². The fourth-order valence-electron chi connectivity index (χ4n) is 3.47. The molecule has 1 amide bonds. The van der Waals surface area contributed by atoms with E-state index in [2.05, 4.69) is 21.7 Å². The van der Waals surface area contributed by atoms with Crippen LogP contribution in [0.2, 0.25) is 0 Å². The van der Waals surface area contributed by atoms with Crippen molar-refractivity contribution in [3.63, 3.8) is 0 Å². The molecule has 1 aliphatic heterocycles. The second kappa shape index (κ2) is 7.60. The van der Waals surface area contributed by atoms with E-state index in [-0.39, 0.29) is 11.8 Å². The number of piperidine rings is 1. The summed E-state index contributed by atoms with van der Waals surface area (Å²) in [5.74, 6) is 1.85. The summed E-state index contributed by atoms with van der Waals surface area (Å²) in [7, 11) is 0. The molecule has 2 aromatic rings. The Hall–Kier alpha value is -2.17. The minimum atomic E-state index is -0.0639. The van der Waals surface area contributed by atoms with Crippen LogP contribution in [-0.4, -0.2) is 38.7 Å². The molecule has 1 atom stereocenters. The number of hydrogen-bond donors (Lipinski definition) is 0. The Kier molecular flexibility index (Phi) is 5.28. The lowest BCUT2D eigenvalue weighted by Crippen LogP contribution is -2.41. The Balaban J connectivity index is 1.54. The SMILES string of the molecule is CCn1cnnc1CC1CCN(C(=O)C(C)c2ccccc2)CC1. The third kappa shape index (κ3) is 3.66. The van der Waals surface area contributed by atoms with Crippen LogP contribution in [0.4, 0.5) is 0 Å². The quantitative estimate of drug-likeness (QED) is 0.849. The largest absolute Gasteiger partial charge is 0.342 e. The standard InChI is InChI=1S/C19H26N4O/c1-3-22-14-20-21-18(22)13-16-9-11-23(12-10-16)19(24)15(2)17-7-5-4-6-8-17/h4-8,14-16H,3,9-13H2,1-2H3. The predicted octanol–water partition coefficient (Wildman–Crippen LogP) is 2.88. The number of hydrogen-bond acceptors (Lipinski definition) is 3. The fourth-order valence-corrected chi connectivity index (χ4v) is 3.47. The number of aromatic nitrogens is 3. The van der Waals surface area contributed by atoms with Gasteiger partial charge in [0.25, 0.3) is 0 Å². The molecule has 128 valence electrons. The van der Waals surface area contributed by atoms with Crippen molar-refractivity contribution in [2.75, 3.05) is 13.1 Å². The Labute approximate surface area is 143 Å². The van der Waals surface area contributed by atoms with Crippen molar-refractivity contribution >= 4 is 5.91 Å². The predicted molar refractivity (Wildman–Crippen MR) is 93.6 cm³/mol. The number of likely N-dealkylation sites (tertiary alicyclic amines) is 1. The lowest BCUT2D eigenvalue weighted by Gasteiger charge is -2.33. The Bertz CT molecular complexity index is 659. The van der Waals surface area contributed by atoms with Gasteiger partial charge < -0.3 is 9.47 Å². The average molecular weight is 326 g/mol. The van der Waals surface area contributed by atoms with Crippen LogP contribution in [0.1, 0.15) is 44.0 Å². The molecule has 1 unspecified atom stereocenters. The van der Waals surface area contributed by atoms with Crippen molar-refractivity contribution in [2.45, 2.75) is 45.6 Å². The van der Waals surface area contributed by atoms with E-state index in [0.29, 0.717) is 5.92 Å². The Morgan fingerprint density at radius 1 is 1.25 bits per heavy atom. The summed E-state index contributed by atoms with van der Waals surface area (Å²) in [4.78, 5) is 14.7. The number of carbonyl (C=O) groups is 1. The lowest BCUT2D eigenvalue weighted by atomic mass is 9.91. The van der Waals surface area contributed by atoms with Gasteiger partial charge in [-0.15, -0.1) is 10.2 Å². The van der Waals surface area contributed by atoms with Crippen LogP contribution in [0.15, 0.2) is 36.7 Å². The summed E-state index contributed by atoms with van der Waals surface area (Å²) in [5, 5.41) is 8.24. The van der Waals surface area contributed by atoms with E-state index in [1.807, 2.05) is 42.2 Å². The molecule has 0 radical (unpaired) electrons. The van der Waals surface area contributed by atoms with Gasteiger partial charge in [-0.25, -0.2) is 0 Å². The van der Waals surface area contributed by atoms with E-state index < -0.39 is 0 Å². The van der Waals surface area contributed by atoms with Crippen molar-refractivity contribution in [3.8, 4) is 0 Å². The van der Waals surface area contributed by atoms with Crippen molar-refractivity contribution in [2.24, 2.45) is 5.92 Å². The van der Waals surface area contributed by atoms with Crippen LogP contribution < -0.4 is 0 Å². The highest BCUT2D eigenvalue weighted by Gasteiger charge is 2.27. The summed E-state index contributed by atoms with van der Waals surface area (Å²) < 4.78 is 2.11. The Morgan fingerprint density at radius 2 is 1.96 bits per heavy atom. The highest BCUT2D eigenvalue weighted by atomic mass is 16.2. The summed E-state index contributed by atoms with van der Waals surface area (Å²) in [6.07, 6.45) is 4.85. The molecule has 0 spiro atoms. The maximum Gasteiger partial charge on any atom is 0.229 e. The summed E-state index contributed by atoms with van der Waals surface area (Å²) >= 11 is 0. The zero-order valence-electron chi connectivity index (χ0n) is 14.6. The smallest absolute Gasteiger partial charge is 0.229 e. The van der Waals surface area contributed by atoms with Gasteiger partial charge in [0, 0.05) is 26.1 Å². The van der Waals surface area contributed by atoms with Crippen LogP contribution in [0.5, 0.6) is 0 Å². The van der Waals surface area contributed by atoms with E-state index in [0.717, 1.165) is 50.3 Å². The normalized spacial score (nSPS) is 17.0. The fraction of sp³-hybridized carbons (Fsp3) is 0.526. The van der Waals surface area contributed by atoms with Crippen molar-refractivity contribution in [3.05, 3.63) is 48.0 Å². The van der Waals surface area contributed by atoms with Gasteiger partial charge in [-0.05, 0) is 38.2 Å². The van der Waals surface area contributed by atoms with E-state index in [4.69, 9.17) is 0 Å². The van der Waals surface area contributed by atoms with Crippen molar-refractivity contribution < 1.29 is 4.79 Å². The molecule has 2 heterocycles. The molecule has 1 saturated heterocycles.